The van der Waals surface area contributed by atoms with Gasteiger partial charge < -0.3 is 10.8 Å². The van der Waals surface area contributed by atoms with Gasteiger partial charge in [-0.2, -0.15) is 0 Å². The second-order valence-electron chi connectivity index (χ2n) is 3.42. The predicted octanol–water partition coefficient (Wildman–Crippen LogP) is 2.16. The number of nitrogens with two attached hydrogens (primary N) is 1. The van der Waals surface area contributed by atoms with E-state index in [1.807, 2.05) is 19.9 Å². The Hall–Kier alpha value is -1.51. The van der Waals surface area contributed by atoms with Gasteiger partial charge in [-0.25, -0.2) is 0 Å². The van der Waals surface area contributed by atoms with Gasteiger partial charge in [-0.15, -0.1) is 0 Å². The van der Waals surface area contributed by atoms with Crippen LogP contribution >= 0.6 is 0 Å². The van der Waals surface area contributed by atoms with Crippen molar-refractivity contribution in [3.05, 3.63) is 29.3 Å². The fourth-order valence-corrected chi connectivity index (χ4v) is 1.47. The second kappa shape index (κ2) is 4.13. The molecular weight excluding hydrogens is 178 g/mol. The van der Waals surface area contributed by atoms with Gasteiger partial charge in [-0.3, -0.25) is 4.79 Å². The van der Waals surface area contributed by atoms with Crippen LogP contribution in [0.2, 0.25) is 0 Å². The third kappa shape index (κ3) is 2.05. The minimum atomic E-state index is -0.781. The molecule has 0 aromatic heterocycles. The number of hydrogen-bond donors (Lipinski definition) is 2. The molecular formula is C11H15NO2. The molecule has 0 aliphatic carbocycles. The molecule has 0 saturated carbocycles. The summed E-state index contributed by atoms with van der Waals surface area (Å²) in [5, 5.41) is 8.96. The van der Waals surface area contributed by atoms with E-state index in [1.54, 1.807) is 12.1 Å². The standard InChI is InChI=1S/C11H15NO2/c1-3-9(11(13)14)8-4-5-10(12)7(2)6-8/h4-6,9H,3,12H2,1-2H3,(H,13,14). The van der Waals surface area contributed by atoms with Crippen LogP contribution in [0.15, 0.2) is 18.2 Å². The van der Waals surface area contributed by atoms with E-state index in [0.29, 0.717) is 12.1 Å². The first-order valence-electron chi connectivity index (χ1n) is 4.65. The molecule has 0 saturated heterocycles. The number of nitrogen functional groups attached to an aromatic ring is 1. The third-order valence-electron chi connectivity index (χ3n) is 2.40. The fourth-order valence-electron chi connectivity index (χ4n) is 1.47. The van der Waals surface area contributed by atoms with Crippen molar-refractivity contribution in [3.8, 4) is 0 Å². The van der Waals surface area contributed by atoms with Crippen LogP contribution in [0.1, 0.15) is 30.4 Å². The zero-order valence-electron chi connectivity index (χ0n) is 8.45. The maximum absolute atomic E-state index is 10.9. The summed E-state index contributed by atoms with van der Waals surface area (Å²) >= 11 is 0. The average Bonchev–Trinajstić information content (AvgIpc) is 2.11. The summed E-state index contributed by atoms with van der Waals surface area (Å²) in [6.45, 7) is 3.75. The highest BCUT2D eigenvalue weighted by Gasteiger charge is 2.17. The maximum Gasteiger partial charge on any atom is 0.310 e. The first-order chi connectivity index (χ1) is 6.56. The Balaban J connectivity index is 3.06. The number of hydrogen-bond acceptors (Lipinski definition) is 2. The quantitative estimate of drug-likeness (QED) is 0.723. The molecule has 0 spiro atoms. The van der Waals surface area contributed by atoms with Crippen LogP contribution in [0, 0.1) is 6.92 Å². The molecule has 0 amide bonds. The van der Waals surface area contributed by atoms with Crippen molar-refractivity contribution in [2.75, 3.05) is 5.73 Å². The number of carbonyl (C=O) groups is 1. The van der Waals surface area contributed by atoms with Crippen LogP contribution < -0.4 is 5.73 Å². The number of aliphatic carboxylic acids is 1. The molecule has 1 aromatic carbocycles. The summed E-state index contributed by atoms with van der Waals surface area (Å²) in [7, 11) is 0. The highest BCUT2D eigenvalue weighted by molar-refractivity contribution is 5.76. The zero-order chi connectivity index (χ0) is 10.7. The van der Waals surface area contributed by atoms with Gasteiger partial charge in [0.1, 0.15) is 0 Å². The SMILES string of the molecule is CCC(C(=O)O)c1ccc(N)c(C)c1. The van der Waals surface area contributed by atoms with E-state index in [-0.39, 0.29) is 0 Å². The molecule has 3 heteroatoms. The summed E-state index contributed by atoms with van der Waals surface area (Å²) in [5.74, 6) is -1.20. The number of rotatable bonds is 3. The van der Waals surface area contributed by atoms with E-state index >= 15 is 0 Å². The minimum absolute atomic E-state index is 0.422. The Morgan fingerprint density at radius 1 is 1.57 bits per heavy atom. The van der Waals surface area contributed by atoms with Crippen molar-refractivity contribution < 1.29 is 9.90 Å². The third-order valence-corrected chi connectivity index (χ3v) is 2.40. The first kappa shape index (κ1) is 10.6. The van der Waals surface area contributed by atoms with E-state index in [0.717, 1.165) is 11.1 Å². The molecule has 0 radical (unpaired) electrons. The lowest BCUT2D eigenvalue weighted by Crippen LogP contribution is -2.10. The lowest BCUT2D eigenvalue weighted by Gasteiger charge is -2.11. The Morgan fingerprint density at radius 2 is 2.21 bits per heavy atom. The summed E-state index contributed by atoms with van der Waals surface area (Å²) < 4.78 is 0. The van der Waals surface area contributed by atoms with Gasteiger partial charge in [-0.05, 0) is 30.5 Å². The topological polar surface area (TPSA) is 63.3 Å². The van der Waals surface area contributed by atoms with Gasteiger partial charge in [0.2, 0.25) is 0 Å². The molecule has 1 rings (SSSR count). The minimum Gasteiger partial charge on any atom is -0.481 e. The zero-order valence-corrected chi connectivity index (χ0v) is 8.45. The Labute approximate surface area is 83.6 Å². The molecule has 3 N–H and O–H groups in total. The monoisotopic (exact) mass is 193 g/mol. The van der Waals surface area contributed by atoms with Crippen molar-refractivity contribution in [1.29, 1.82) is 0 Å². The second-order valence-corrected chi connectivity index (χ2v) is 3.42. The van der Waals surface area contributed by atoms with Crippen molar-refractivity contribution in [1.82, 2.24) is 0 Å². The molecule has 14 heavy (non-hydrogen) atoms. The summed E-state index contributed by atoms with van der Waals surface area (Å²) in [4.78, 5) is 10.9. The van der Waals surface area contributed by atoms with Gasteiger partial charge >= 0.3 is 5.97 Å². The highest BCUT2D eigenvalue weighted by atomic mass is 16.4. The van der Waals surface area contributed by atoms with E-state index < -0.39 is 11.9 Å². The van der Waals surface area contributed by atoms with Crippen LogP contribution in [0.25, 0.3) is 0 Å². The van der Waals surface area contributed by atoms with Crippen molar-refractivity contribution >= 4 is 11.7 Å². The molecule has 1 unspecified atom stereocenters. The first-order valence-corrected chi connectivity index (χ1v) is 4.65. The van der Waals surface area contributed by atoms with E-state index in [9.17, 15) is 4.79 Å². The van der Waals surface area contributed by atoms with Crippen LogP contribution in [0.4, 0.5) is 5.69 Å². The Morgan fingerprint density at radius 3 is 2.64 bits per heavy atom. The van der Waals surface area contributed by atoms with Crippen molar-refractivity contribution in [3.63, 3.8) is 0 Å². The van der Waals surface area contributed by atoms with Crippen molar-refractivity contribution in [2.24, 2.45) is 0 Å². The van der Waals surface area contributed by atoms with Crippen LogP contribution in [0.3, 0.4) is 0 Å². The molecule has 0 aliphatic rings. The van der Waals surface area contributed by atoms with Gasteiger partial charge in [0, 0.05) is 5.69 Å². The number of aryl methyl sites for hydroxylation is 1. The molecule has 0 fully saturated rings. The largest absolute Gasteiger partial charge is 0.481 e. The molecule has 0 bridgehead atoms. The smallest absolute Gasteiger partial charge is 0.310 e. The van der Waals surface area contributed by atoms with Crippen LogP contribution in [-0.2, 0) is 4.79 Å². The van der Waals surface area contributed by atoms with Gasteiger partial charge in [0.25, 0.3) is 0 Å². The molecule has 0 aliphatic heterocycles. The van der Waals surface area contributed by atoms with Gasteiger partial charge in [0.15, 0.2) is 0 Å². The summed E-state index contributed by atoms with van der Waals surface area (Å²) in [6.07, 6.45) is 0.596. The lowest BCUT2D eigenvalue weighted by molar-refractivity contribution is -0.138. The van der Waals surface area contributed by atoms with E-state index in [2.05, 4.69) is 0 Å². The van der Waals surface area contributed by atoms with E-state index in [1.165, 1.54) is 0 Å². The Bertz CT molecular complexity index is 347. The van der Waals surface area contributed by atoms with Gasteiger partial charge in [-0.1, -0.05) is 19.1 Å². The predicted molar refractivity (Wildman–Crippen MR) is 56.3 cm³/mol. The Kier molecular flexibility index (Phi) is 3.12. The molecule has 1 atom stereocenters. The molecule has 0 heterocycles. The molecule has 1 aromatic rings. The summed E-state index contributed by atoms with van der Waals surface area (Å²) in [5.41, 5.74) is 8.12. The van der Waals surface area contributed by atoms with E-state index in [4.69, 9.17) is 10.8 Å². The lowest BCUT2D eigenvalue weighted by atomic mass is 9.95. The fraction of sp³-hybridized carbons (Fsp3) is 0.364. The number of anilines is 1. The van der Waals surface area contributed by atoms with Crippen molar-refractivity contribution in [2.45, 2.75) is 26.2 Å². The maximum atomic E-state index is 10.9. The number of carboxylic acids is 1. The average molecular weight is 193 g/mol. The highest BCUT2D eigenvalue weighted by Crippen LogP contribution is 2.23. The van der Waals surface area contributed by atoms with Crippen LogP contribution in [-0.4, -0.2) is 11.1 Å². The van der Waals surface area contributed by atoms with Crippen LogP contribution in [0.5, 0.6) is 0 Å². The van der Waals surface area contributed by atoms with Gasteiger partial charge in [0.05, 0.1) is 5.92 Å². The number of carboxylic acid groups (broad SMARTS) is 1. The molecule has 3 nitrogen and oxygen atoms in total. The summed E-state index contributed by atoms with van der Waals surface area (Å²) in [6, 6.07) is 5.39. The molecule has 76 valence electrons. The number of benzene rings is 1. The normalized spacial score (nSPS) is 12.4.